The Morgan fingerprint density at radius 2 is 2.16 bits per heavy atom. The normalized spacial score (nSPS) is 21.3. The summed E-state index contributed by atoms with van der Waals surface area (Å²) in [6.45, 7) is 3.30. The summed E-state index contributed by atoms with van der Waals surface area (Å²) in [7, 11) is 0. The smallest absolute Gasteiger partial charge is 0.357 e. The molecule has 2 heterocycles. The Morgan fingerprint density at radius 1 is 1.42 bits per heavy atom. The number of H-pyrrole nitrogens is 1. The summed E-state index contributed by atoms with van der Waals surface area (Å²) < 4.78 is 37.4. The van der Waals surface area contributed by atoms with Gasteiger partial charge in [-0.1, -0.05) is 13.3 Å². The van der Waals surface area contributed by atoms with E-state index in [-0.39, 0.29) is 11.5 Å². The van der Waals surface area contributed by atoms with Gasteiger partial charge in [-0.3, -0.25) is 4.79 Å². The first-order valence-corrected chi connectivity index (χ1v) is 6.43. The first-order valence-electron chi connectivity index (χ1n) is 6.43. The number of aromatic amines is 1. The summed E-state index contributed by atoms with van der Waals surface area (Å²) in [5.74, 6) is 0.0768. The summed E-state index contributed by atoms with van der Waals surface area (Å²) in [4.78, 5) is 16.0. The fourth-order valence-electron chi connectivity index (χ4n) is 2.40. The largest absolute Gasteiger partial charge is 0.431 e. The zero-order valence-electron chi connectivity index (χ0n) is 10.8. The molecule has 0 aromatic carbocycles. The van der Waals surface area contributed by atoms with Gasteiger partial charge in [0.05, 0.1) is 5.56 Å². The van der Waals surface area contributed by atoms with Crippen molar-refractivity contribution in [3.63, 3.8) is 0 Å². The van der Waals surface area contributed by atoms with Crippen molar-refractivity contribution in [2.75, 3.05) is 13.1 Å². The highest BCUT2D eigenvalue weighted by atomic mass is 19.4. The molecule has 0 bridgehead atoms. The molecule has 0 spiro atoms. The molecule has 3 nitrogen and oxygen atoms in total. The number of halogens is 3. The SMILES string of the molecule is CC1CCCCN(C(=O)c2c[nH]c(C(F)(F)F)c2)C1. The van der Waals surface area contributed by atoms with Gasteiger partial charge in [-0.25, -0.2) is 0 Å². The summed E-state index contributed by atoms with van der Waals surface area (Å²) in [6, 6.07) is 0.887. The van der Waals surface area contributed by atoms with Crippen molar-refractivity contribution in [1.29, 1.82) is 0 Å². The Hall–Kier alpha value is -1.46. The average Bonchev–Trinajstić information content (AvgIpc) is 2.72. The first-order chi connectivity index (χ1) is 8.88. The van der Waals surface area contributed by atoms with Crippen molar-refractivity contribution >= 4 is 5.91 Å². The topological polar surface area (TPSA) is 36.1 Å². The number of carbonyl (C=O) groups excluding carboxylic acids is 1. The van der Waals surface area contributed by atoms with Crippen LogP contribution in [0.5, 0.6) is 0 Å². The Bertz CT molecular complexity index is 453. The van der Waals surface area contributed by atoms with Gasteiger partial charge < -0.3 is 9.88 Å². The lowest BCUT2D eigenvalue weighted by Gasteiger charge is -2.22. The zero-order valence-corrected chi connectivity index (χ0v) is 10.8. The van der Waals surface area contributed by atoms with Crippen molar-refractivity contribution in [3.05, 3.63) is 23.5 Å². The summed E-state index contributed by atoms with van der Waals surface area (Å²) in [5, 5.41) is 0. The quantitative estimate of drug-likeness (QED) is 0.838. The van der Waals surface area contributed by atoms with E-state index in [9.17, 15) is 18.0 Å². The molecule has 1 aromatic heterocycles. The summed E-state index contributed by atoms with van der Waals surface area (Å²) in [5.41, 5.74) is -0.792. The van der Waals surface area contributed by atoms with Crippen LogP contribution in [0.1, 0.15) is 42.2 Å². The standard InChI is InChI=1S/C13H17F3N2O/c1-9-4-2-3-5-18(8-9)12(19)10-6-11(17-7-10)13(14,15)16/h6-7,9,17H,2-5,8H2,1H3. The highest BCUT2D eigenvalue weighted by molar-refractivity contribution is 5.94. The first kappa shape index (κ1) is 14.0. The number of hydrogen-bond donors (Lipinski definition) is 1. The molecule has 0 aliphatic carbocycles. The number of carbonyl (C=O) groups is 1. The molecule has 0 radical (unpaired) electrons. The number of nitrogens with one attached hydrogen (secondary N) is 1. The molecule has 1 amide bonds. The molecule has 6 heteroatoms. The van der Waals surface area contributed by atoms with Gasteiger partial charge in [-0.15, -0.1) is 0 Å². The van der Waals surface area contributed by atoms with Crippen molar-refractivity contribution in [2.45, 2.75) is 32.4 Å². The van der Waals surface area contributed by atoms with Gasteiger partial charge in [0, 0.05) is 19.3 Å². The number of hydrogen-bond acceptors (Lipinski definition) is 1. The van der Waals surface area contributed by atoms with E-state index in [1.165, 1.54) is 0 Å². The maximum Gasteiger partial charge on any atom is 0.431 e. The van der Waals surface area contributed by atoms with E-state index in [0.717, 1.165) is 31.5 Å². The molecule has 1 aromatic rings. The van der Waals surface area contributed by atoms with Crippen LogP contribution in [-0.4, -0.2) is 28.9 Å². The molecule has 1 aliphatic rings. The van der Waals surface area contributed by atoms with E-state index in [1.54, 1.807) is 4.90 Å². The van der Waals surface area contributed by atoms with E-state index in [2.05, 4.69) is 11.9 Å². The van der Waals surface area contributed by atoms with Gasteiger partial charge >= 0.3 is 6.18 Å². The molecular weight excluding hydrogens is 257 g/mol. The number of alkyl halides is 3. The second-order valence-corrected chi connectivity index (χ2v) is 5.15. The summed E-state index contributed by atoms with van der Waals surface area (Å²) >= 11 is 0. The van der Waals surface area contributed by atoms with Crippen molar-refractivity contribution in [2.24, 2.45) is 5.92 Å². The maximum atomic E-state index is 12.5. The minimum atomic E-state index is -4.44. The van der Waals surface area contributed by atoms with Gasteiger partial charge in [-0.05, 0) is 24.8 Å². The van der Waals surface area contributed by atoms with Gasteiger partial charge in [0.2, 0.25) is 0 Å². The number of aromatic nitrogens is 1. The van der Waals surface area contributed by atoms with E-state index >= 15 is 0 Å². The lowest BCUT2D eigenvalue weighted by atomic mass is 10.1. The van der Waals surface area contributed by atoms with Gasteiger partial charge in [0.25, 0.3) is 5.91 Å². The molecule has 1 aliphatic heterocycles. The van der Waals surface area contributed by atoms with E-state index < -0.39 is 11.9 Å². The van der Waals surface area contributed by atoms with Crippen LogP contribution in [-0.2, 0) is 6.18 Å². The molecule has 1 N–H and O–H groups in total. The minimum absolute atomic E-state index is 0.0847. The van der Waals surface area contributed by atoms with Crippen LogP contribution >= 0.6 is 0 Å². The van der Waals surface area contributed by atoms with Crippen LogP contribution in [0.4, 0.5) is 13.2 Å². The Kier molecular flexibility index (Phi) is 3.87. The molecule has 2 rings (SSSR count). The minimum Gasteiger partial charge on any atom is -0.357 e. The second kappa shape index (κ2) is 5.27. The third kappa shape index (κ3) is 3.30. The molecule has 19 heavy (non-hydrogen) atoms. The molecule has 1 unspecified atom stereocenters. The predicted molar refractivity (Wildman–Crippen MR) is 64.7 cm³/mol. The summed E-state index contributed by atoms with van der Waals surface area (Å²) in [6.07, 6.45) is -0.269. The molecule has 0 saturated carbocycles. The number of likely N-dealkylation sites (tertiary alicyclic amines) is 1. The van der Waals surface area contributed by atoms with Crippen molar-refractivity contribution < 1.29 is 18.0 Å². The number of nitrogens with zero attached hydrogens (tertiary/aromatic N) is 1. The highest BCUT2D eigenvalue weighted by Gasteiger charge is 2.33. The maximum absolute atomic E-state index is 12.5. The third-order valence-electron chi connectivity index (χ3n) is 3.43. The lowest BCUT2D eigenvalue weighted by Crippen LogP contribution is -2.33. The third-order valence-corrected chi connectivity index (χ3v) is 3.43. The molecule has 106 valence electrons. The van der Waals surface area contributed by atoms with Crippen LogP contribution in [0.15, 0.2) is 12.3 Å². The van der Waals surface area contributed by atoms with Crippen molar-refractivity contribution in [1.82, 2.24) is 9.88 Å². The Balaban J connectivity index is 2.12. The Morgan fingerprint density at radius 3 is 2.79 bits per heavy atom. The fraction of sp³-hybridized carbons (Fsp3) is 0.615. The number of rotatable bonds is 1. The highest BCUT2D eigenvalue weighted by Crippen LogP contribution is 2.29. The van der Waals surface area contributed by atoms with Crippen molar-refractivity contribution in [3.8, 4) is 0 Å². The zero-order chi connectivity index (χ0) is 14.0. The molecule has 1 fully saturated rings. The molecular formula is C13H17F3N2O. The van der Waals surface area contributed by atoms with Gasteiger partial charge in [-0.2, -0.15) is 13.2 Å². The fourth-order valence-corrected chi connectivity index (χ4v) is 2.40. The van der Waals surface area contributed by atoms with Crippen LogP contribution in [0.3, 0.4) is 0 Å². The van der Waals surface area contributed by atoms with E-state index in [1.807, 2.05) is 0 Å². The Labute approximate surface area is 109 Å². The van der Waals surface area contributed by atoms with Crippen LogP contribution in [0.2, 0.25) is 0 Å². The lowest BCUT2D eigenvalue weighted by molar-refractivity contribution is -0.140. The molecule has 1 atom stereocenters. The van der Waals surface area contributed by atoms with Crippen LogP contribution in [0.25, 0.3) is 0 Å². The van der Waals surface area contributed by atoms with Crippen LogP contribution < -0.4 is 0 Å². The number of amides is 1. The monoisotopic (exact) mass is 274 g/mol. The molecule has 1 saturated heterocycles. The second-order valence-electron chi connectivity index (χ2n) is 5.15. The predicted octanol–water partition coefficient (Wildman–Crippen LogP) is 3.30. The van der Waals surface area contributed by atoms with Crippen LogP contribution in [0, 0.1) is 5.92 Å². The van der Waals surface area contributed by atoms with E-state index in [4.69, 9.17) is 0 Å². The average molecular weight is 274 g/mol. The van der Waals surface area contributed by atoms with E-state index in [0.29, 0.717) is 19.0 Å². The van der Waals surface area contributed by atoms with Gasteiger partial charge in [0.15, 0.2) is 0 Å². The van der Waals surface area contributed by atoms with Gasteiger partial charge in [0.1, 0.15) is 5.69 Å².